The third kappa shape index (κ3) is 1.99. The number of fused-ring (bicyclic) bond motifs is 2. The molecule has 0 aliphatic heterocycles. The molecule has 1 aliphatic carbocycles. The first-order valence-electron chi connectivity index (χ1n) is 8.03. The fourth-order valence-corrected chi connectivity index (χ4v) is 3.68. The SMILES string of the molecule is Cc1ccc2c(c1-c1ccc3ccccc3c1C)C=CCC2. The fraction of sp³-hybridized carbons (Fsp3) is 0.182. The van der Waals surface area contributed by atoms with Crippen molar-refractivity contribution in [2.75, 3.05) is 0 Å². The lowest BCUT2D eigenvalue weighted by atomic mass is 9.84. The summed E-state index contributed by atoms with van der Waals surface area (Å²) in [6, 6.07) is 17.8. The van der Waals surface area contributed by atoms with E-state index in [0.29, 0.717) is 0 Å². The molecular formula is C22H20. The minimum Gasteiger partial charge on any atom is -0.0836 e. The average molecular weight is 284 g/mol. The highest BCUT2D eigenvalue weighted by atomic mass is 14.2. The van der Waals surface area contributed by atoms with E-state index >= 15 is 0 Å². The van der Waals surface area contributed by atoms with Crippen LogP contribution in [0.1, 0.15) is 28.7 Å². The standard InChI is InChI=1S/C22H20/c1-15-11-12-18-8-4-6-10-21(18)22(15)20-14-13-17-7-3-5-9-19(17)16(20)2/h3,5-7,9-14H,4,8H2,1-2H3. The van der Waals surface area contributed by atoms with Crippen LogP contribution >= 0.6 is 0 Å². The van der Waals surface area contributed by atoms with Crippen molar-refractivity contribution < 1.29 is 0 Å². The van der Waals surface area contributed by atoms with E-state index in [9.17, 15) is 0 Å². The van der Waals surface area contributed by atoms with Gasteiger partial charge in [-0.05, 0) is 70.8 Å². The van der Waals surface area contributed by atoms with Gasteiger partial charge in [-0.25, -0.2) is 0 Å². The summed E-state index contributed by atoms with van der Waals surface area (Å²) < 4.78 is 0. The van der Waals surface area contributed by atoms with Crippen LogP contribution in [0.2, 0.25) is 0 Å². The minimum absolute atomic E-state index is 1.16. The zero-order chi connectivity index (χ0) is 15.1. The highest BCUT2D eigenvalue weighted by Gasteiger charge is 2.15. The van der Waals surface area contributed by atoms with Crippen LogP contribution in [-0.2, 0) is 6.42 Å². The summed E-state index contributed by atoms with van der Waals surface area (Å²) in [6.07, 6.45) is 6.94. The van der Waals surface area contributed by atoms with Gasteiger partial charge in [0.15, 0.2) is 0 Å². The molecule has 4 rings (SSSR count). The molecule has 0 heterocycles. The van der Waals surface area contributed by atoms with Gasteiger partial charge in [0.05, 0.1) is 0 Å². The molecular weight excluding hydrogens is 264 g/mol. The lowest BCUT2D eigenvalue weighted by Gasteiger charge is -2.20. The Bertz CT molecular complexity index is 897. The number of hydrogen-bond acceptors (Lipinski definition) is 0. The maximum absolute atomic E-state index is 2.32. The summed E-state index contributed by atoms with van der Waals surface area (Å²) in [4.78, 5) is 0. The molecule has 0 unspecified atom stereocenters. The average Bonchev–Trinajstić information content (AvgIpc) is 2.56. The first-order chi connectivity index (χ1) is 10.8. The molecule has 3 aromatic rings. The van der Waals surface area contributed by atoms with Gasteiger partial charge in [0.2, 0.25) is 0 Å². The third-order valence-corrected chi connectivity index (χ3v) is 4.88. The molecule has 0 nitrogen and oxygen atoms in total. The number of aryl methyl sites for hydroxylation is 3. The summed E-state index contributed by atoms with van der Waals surface area (Å²) in [5.74, 6) is 0. The van der Waals surface area contributed by atoms with Gasteiger partial charge in [0.25, 0.3) is 0 Å². The smallest absolute Gasteiger partial charge is 0.00766 e. The number of allylic oxidation sites excluding steroid dienone is 1. The molecule has 0 N–H and O–H groups in total. The largest absolute Gasteiger partial charge is 0.0836 e. The van der Waals surface area contributed by atoms with Gasteiger partial charge in [-0.1, -0.05) is 60.7 Å². The van der Waals surface area contributed by atoms with Gasteiger partial charge in [-0.15, -0.1) is 0 Å². The van der Waals surface area contributed by atoms with E-state index < -0.39 is 0 Å². The first-order valence-corrected chi connectivity index (χ1v) is 8.03. The molecule has 0 heteroatoms. The molecule has 22 heavy (non-hydrogen) atoms. The topological polar surface area (TPSA) is 0 Å². The van der Waals surface area contributed by atoms with E-state index in [2.05, 4.69) is 74.5 Å². The predicted octanol–water partition coefficient (Wildman–Crippen LogP) is 6.08. The molecule has 0 saturated heterocycles. The van der Waals surface area contributed by atoms with Crippen LogP contribution in [0.5, 0.6) is 0 Å². The monoisotopic (exact) mass is 284 g/mol. The van der Waals surface area contributed by atoms with Crippen LogP contribution in [0.15, 0.2) is 54.6 Å². The molecule has 108 valence electrons. The van der Waals surface area contributed by atoms with Crippen molar-refractivity contribution in [1.29, 1.82) is 0 Å². The van der Waals surface area contributed by atoms with E-state index in [1.54, 1.807) is 0 Å². The summed E-state index contributed by atoms with van der Waals surface area (Å²) >= 11 is 0. The second kappa shape index (κ2) is 5.14. The minimum atomic E-state index is 1.16. The normalized spacial score (nSPS) is 13.4. The number of hydrogen-bond donors (Lipinski definition) is 0. The van der Waals surface area contributed by atoms with E-state index in [0.717, 1.165) is 12.8 Å². The van der Waals surface area contributed by atoms with Crippen molar-refractivity contribution >= 4 is 16.8 Å². The Balaban J connectivity index is 2.05. The predicted molar refractivity (Wildman–Crippen MR) is 96.2 cm³/mol. The molecule has 0 spiro atoms. The van der Waals surface area contributed by atoms with E-state index in [4.69, 9.17) is 0 Å². The molecule has 1 aliphatic rings. The highest BCUT2D eigenvalue weighted by molar-refractivity contribution is 5.94. The van der Waals surface area contributed by atoms with Crippen molar-refractivity contribution in [3.8, 4) is 11.1 Å². The zero-order valence-electron chi connectivity index (χ0n) is 13.2. The summed E-state index contributed by atoms with van der Waals surface area (Å²) in [5, 5.41) is 2.68. The molecule has 0 fully saturated rings. The maximum Gasteiger partial charge on any atom is -0.00766 e. The van der Waals surface area contributed by atoms with Crippen LogP contribution in [-0.4, -0.2) is 0 Å². The second-order valence-corrected chi connectivity index (χ2v) is 6.23. The summed E-state index contributed by atoms with van der Waals surface area (Å²) in [5.41, 5.74) is 8.44. The van der Waals surface area contributed by atoms with Crippen LogP contribution in [0.3, 0.4) is 0 Å². The lowest BCUT2D eigenvalue weighted by Crippen LogP contribution is -2.00. The third-order valence-electron chi connectivity index (χ3n) is 4.88. The van der Waals surface area contributed by atoms with Crippen LogP contribution < -0.4 is 0 Å². The highest BCUT2D eigenvalue weighted by Crippen LogP contribution is 2.37. The Morgan fingerprint density at radius 2 is 1.73 bits per heavy atom. The Kier molecular flexibility index (Phi) is 3.11. The van der Waals surface area contributed by atoms with Gasteiger partial charge >= 0.3 is 0 Å². The van der Waals surface area contributed by atoms with E-state index in [-0.39, 0.29) is 0 Å². The van der Waals surface area contributed by atoms with Gasteiger partial charge < -0.3 is 0 Å². The lowest BCUT2D eigenvalue weighted by molar-refractivity contribution is 0.984. The van der Waals surface area contributed by atoms with Crippen molar-refractivity contribution in [2.45, 2.75) is 26.7 Å². The Labute approximate surface area is 132 Å². The first kappa shape index (κ1) is 13.3. The van der Waals surface area contributed by atoms with E-state index in [1.165, 1.54) is 44.2 Å². The van der Waals surface area contributed by atoms with Crippen molar-refractivity contribution in [3.05, 3.63) is 76.9 Å². The summed E-state index contributed by atoms with van der Waals surface area (Å²) in [7, 11) is 0. The number of benzene rings is 3. The van der Waals surface area contributed by atoms with Crippen LogP contribution in [0, 0.1) is 13.8 Å². The quantitative estimate of drug-likeness (QED) is 0.507. The fourth-order valence-electron chi connectivity index (χ4n) is 3.68. The van der Waals surface area contributed by atoms with Crippen molar-refractivity contribution in [1.82, 2.24) is 0 Å². The molecule has 0 bridgehead atoms. The van der Waals surface area contributed by atoms with Gasteiger partial charge in [0, 0.05) is 0 Å². The van der Waals surface area contributed by atoms with Crippen molar-refractivity contribution in [2.24, 2.45) is 0 Å². The Hall–Kier alpha value is -2.34. The Morgan fingerprint density at radius 3 is 2.64 bits per heavy atom. The maximum atomic E-state index is 2.32. The number of rotatable bonds is 1. The van der Waals surface area contributed by atoms with E-state index in [1.807, 2.05) is 0 Å². The van der Waals surface area contributed by atoms with Crippen LogP contribution in [0.25, 0.3) is 28.0 Å². The molecule has 0 amide bonds. The molecule has 3 aromatic carbocycles. The van der Waals surface area contributed by atoms with Crippen LogP contribution in [0.4, 0.5) is 0 Å². The Morgan fingerprint density at radius 1 is 0.864 bits per heavy atom. The molecule has 0 saturated carbocycles. The van der Waals surface area contributed by atoms with Gasteiger partial charge in [-0.2, -0.15) is 0 Å². The molecule has 0 aromatic heterocycles. The zero-order valence-corrected chi connectivity index (χ0v) is 13.2. The van der Waals surface area contributed by atoms with Crippen molar-refractivity contribution in [3.63, 3.8) is 0 Å². The second-order valence-electron chi connectivity index (χ2n) is 6.23. The summed E-state index contributed by atoms with van der Waals surface area (Å²) in [6.45, 7) is 4.48. The molecule has 0 atom stereocenters. The van der Waals surface area contributed by atoms with Gasteiger partial charge in [-0.3, -0.25) is 0 Å². The molecule has 0 radical (unpaired) electrons. The van der Waals surface area contributed by atoms with Gasteiger partial charge in [0.1, 0.15) is 0 Å².